The summed E-state index contributed by atoms with van der Waals surface area (Å²) in [4.78, 5) is 11.1. The van der Waals surface area contributed by atoms with Crippen LogP contribution in [0.1, 0.15) is 13.3 Å². The first kappa shape index (κ1) is 17.0. The Morgan fingerprint density at radius 1 is 1.40 bits per heavy atom. The number of carbonyl (C=O) groups is 1. The van der Waals surface area contributed by atoms with Gasteiger partial charge in [0, 0.05) is 4.47 Å². The Hall–Kier alpha value is -1.08. The van der Waals surface area contributed by atoms with Crippen molar-refractivity contribution in [1.29, 1.82) is 0 Å². The number of halogens is 1. The molecule has 0 heterocycles. The summed E-state index contributed by atoms with van der Waals surface area (Å²) in [5.41, 5.74) is 0. The molecule has 0 radical (unpaired) electrons. The normalized spacial score (nSPS) is 12.8. The molecule has 0 aliphatic carbocycles. The average molecular weight is 365 g/mol. The fourth-order valence-corrected chi connectivity index (χ4v) is 2.96. The number of rotatable bonds is 7. The lowest BCUT2D eigenvalue weighted by Gasteiger charge is -2.12. The van der Waals surface area contributed by atoms with Crippen molar-refractivity contribution >= 4 is 31.7 Å². The largest absolute Gasteiger partial charge is 0.492 e. The monoisotopic (exact) mass is 364 g/mol. The Bertz CT molecular complexity index is 556. The van der Waals surface area contributed by atoms with E-state index >= 15 is 0 Å². The van der Waals surface area contributed by atoms with E-state index in [1.807, 2.05) is 6.07 Å². The van der Waals surface area contributed by atoms with Crippen molar-refractivity contribution in [2.45, 2.75) is 18.6 Å². The molecular formula is C13H17BrO5S. The maximum absolute atomic E-state index is 11.9. The third-order valence-corrected chi connectivity index (χ3v) is 5.35. The molecule has 1 rings (SSSR count). The zero-order valence-electron chi connectivity index (χ0n) is 11.3. The van der Waals surface area contributed by atoms with E-state index in [2.05, 4.69) is 20.7 Å². The minimum absolute atomic E-state index is 0.0459. The van der Waals surface area contributed by atoms with E-state index < -0.39 is 21.1 Å². The molecule has 5 nitrogen and oxygen atoms in total. The van der Waals surface area contributed by atoms with Gasteiger partial charge < -0.3 is 9.47 Å². The molecule has 0 aromatic heterocycles. The Balaban J connectivity index is 2.49. The minimum atomic E-state index is -3.38. The van der Waals surface area contributed by atoms with Gasteiger partial charge in [-0.3, -0.25) is 4.79 Å². The molecule has 112 valence electrons. The van der Waals surface area contributed by atoms with Crippen LogP contribution >= 0.6 is 15.9 Å². The summed E-state index contributed by atoms with van der Waals surface area (Å²) >= 11 is 3.30. The van der Waals surface area contributed by atoms with E-state index in [0.717, 1.165) is 4.47 Å². The predicted octanol–water partition coefficient (Wildman–Crippen LogP) is 2.19. The molecule has 0 amide bonds. The molecule has 0 saturated carbocycles. The third kappa shape index (κ3) is 5.50. The zero-order chi connectivity index (χ0) is 15.2. The lowest BCUT2D eigenvalue weighted by molar-refractivity contribution is -0.140. The van der Waals surface area contributed by atoms with Gasteiger partial charge in [-0.2, -0.15) is 0 Å². The van der Waals surface area contributed by atoms with Crippen LogP contribution in [0, 0.1) is 0 Å². The first-order chi connectivity index (χ1) is 9.35. The molecule has 1 atom stereocenters. The van der Waals surface area contributed by atoms with Crippen molar-refractivity contribution in [2.75, 3.05) is 19.5 Å². The number of hydrogen-bond donors (Lipinski definition) is 0. The van der Waals surface area contributed by atoms with Crippen molar-refractivity contribution in [1.82, 2.24) is 0 Å². The van der Waals surface area contributed by atoms with Crippen LogP contribution in [0.5, 0.6) is 5.75 Å². The standard InChI is InChI=1S/C13H17BrO5S/c1-10(8-13(15)18-2)20(16,17)7-6-19-12-5-3-4-11(14)9-12/h3-5,9-10H,6-8H2,1-2H3. The van der Waals surface area contributed by atoms with Crippen LogP contribution in [0.25, 0.3) is 0 Å². The topological polar surface area (TPSA) is 69.7 Å². The van der Waals surface area contributed by atoms with Gasteiger partial charge in [0.05, 0.1) is 24.5 Å². The SMILES string of the molecule is COC(=O)CC(C)S(=O)(=O)CCOc1cccc(Br)c1. The van der Waals surface area contributed by atoms with E-state index in [1.165, 1.54) is 14.0 Å². The Labute approximate surface area is 127 Å². The first-order valence-corrected chi connectivity index (χ1v) is 8.52. The van der Waals surface area contributed by atoms with Gasteiger partial charge in [-0.25, -0.2) is 8.42 Å². The quantitative estimate of drug-likeness (QED) is 0.693. The van der Waals surface area contributed by atoms with Crippen LogP contribution in [0.2, 0.25) is 0 Å². The van der Waals surface area contributed by atoms with Gasteiger partial charge in [-0.05, 0) is 25.1 Å². The van der Waals surface area contributed by atoms with Crippen molar-refractivity contribution in [3.05, 3.63) is 28.7 Å². The maximum Gasteiger partial charge on any atom is 0.306 e. The summed E-state index contributed by atoms with van der Waals surface area (Å²) in [6.45, 7) is 1.54. The lowest BCUT2D eigenvalue weighted by Crippen LogP contribution is -2.27. The molecule has 0 bridgehead atoms. The molecule has 20 heavy (non-hydrogen) atoms. The number of benzene rings is 1. The van der Waals surface area contributed by atoms with Gasteiger partial charge in [0.25, 0.3) is 0 Å². The summed E-state index contributed by atoms with van der Waals surface area (Å²) in [6, 6.07) is 7.15. The first-order valence-electron chi connectivity index (χ1n) is 6.02. The van der Waals surface area contributed by atoms with Crippen LogP contribution in [0.15, 0.2) is 28.7 Å². The van der Waals surface area contributed by atoms with Crippen molar-refractivity contribution in [2.24, 2.45) is 0 Å². The fourth-order valence-electron chi connectivity index (χ4n) is 1.48. The highest BCUT2D eigenvalue weighted by molar-refractivity contribution is 9.10. The van der Waals surface area contributed by atoms with E-state index in [1.54, 1.807) is 18.2 Å². The van der Waals surface area contributed by atoms with E-state index in [-0.39, 0.29) is 18.8 Å². The number of ether oxygens (including phenoxy) is 2. The van der Waals surface area contributed by atoms with E-state index in [0.29, 0.717) is 5.75 Å². The molecular weight excluding hydrogens is 348 g/mol. The van der Waals surface area contributed by atoms with Crippen LogP contribution in [-0.4, -0.2) is 39.1 Å². The summed E-state index contributed by atoms with van der Waals surface area (Å²) < 4.78 is 34.6. The summed E-state index contributed by atoms with van der Waals surface area (Å²) in [7, 11) is -2.15. The Morgan fingerprint density at radius 3 is 2.70 bits per heavy atom. The molecule has 1 aromatic rings. The van der Waals surface area contributed by atoms with Gasteiger partial charge >= 0.3 is 5.97 Å². The number of esters is 1. The predicted molar refractivity (Wildman–Crippen MR) is 79.5 cm³/mol. The smallest absolute Gasteiger partial charge is 0.306 e. The highest BCUT2D eigenvalue weighted by atomic mass is 79.9. The lowest BCUT2D eigenvalue weighted by atomic mass is 10.3. The average Bonchev–Trinajstić information content (AvgIpc) is 2.38. The van der Waals surface area contributed by atoms with Crippen molar-refractivity contribution in [3.63, 3.8) is 0 Å². The van der Waals surface area contributed by atoms with Crippen LogP contribution in [0.3, 0.4) is 0 Å². The summed E-state index contributed by atoms with van der Waals surface area (Å²) in [6.07, 6.45) is -0.143. The number of sulfone groups is 1. The minimum Gasteiger partial charge on any atom is -0.492 e. The molecule has 1 aromatic carbocycles. The van der Waals surface area contributed by atoms with Crippen LogP contribution in [0.4, 0.5) is 0 Å². The highest BCUT2D eigenvalue weighted by Gasteiger charge is 2.23. The maximum atomic E-state index is 11.9. The fraction of sp³-hybridized carbons (Fsp3) is 0.462. The number of hydrogen-bond acceptors (Lipinski definition) is 5. The van der Waals surface area contributed by atoms with Crippen LogP contribution in [-0.2, 0) is 19.4 Å². The number of methoxy groups -OCH3 is 1. The second-order valence-corrected chi connectivity index (χ2v) is 7.72. The Morgan fingerprint density at radius 2 is 2.10 bits per heavy atom. The van der Waals surface area contributed by atoms with Gasteiger partial charge in [0.2, 0.25) is 0 Å². The second-order valence-electron chi connectivity index (χ2n) is 4.26. The van der Waals surface area contributed by atoms with Crippen molar-refractivity contribution in [3.8, 4) is 5.75 Å². The molecule has 0 aliphatic rings. The Kier molecular flexibility index (Phi) is 6.48. The van der Waals surface area contributed by atoms with Gasteiger partial charge in [-0.15, -0.1) is 0 Å². The third-order valence-electron chi connectivity index (χ3n) is 2.73. The molecule has 0 saturated heterocycles. The molecule has 0 spiro atoms. The second kappa shape index (κ2) is 7.64. The molecule has 0 fully saturated rings. The van der Waals surface area contributed by atoms with Gasteiger partial charge in [-0.1, -0.05) is 22.0 Å². The summed E-state index contributed by atoms with van der Waals surface area (Å²) in [5, 5.41) is -0.777. The molecule has 1 unspecified atom stereocenters. The van der Waals surface area contributed by atoms with Gasteiger partial charge in [0.15, 0.2) is 9.84 Å². The van der Waals surface area contributed by atoms with Crippen LogP contribution < -0.4 is 4.74 Å². The zero-order valence-corrected chi connectivity index (χ0v) is 13.7. The number of carbonyl (C=O) groups excluding carboxylic acids is 1. The summed E-state index contributed by atoms with van der Waals surface area (Å²) in [5.74, 6) is -0.0818. The highest BCUT2D eigenvalue weighted by Crippen LogP contribution is 2.18. The van der Waals surface area contributed by atoms with E-state index in [4.69, 9.17) is 4.74 Å². The van der Waals surface area contributed by atoms with Gasteiger partial charge in [0.1, 0.15) is 12.4 Å². The molecule has 0 aliphatic heterocycles. The molecule has 0 N–H and O–H groups in total. The molecule has 7 heteroatoms. The van der Waals surface area contributed by atoms with E-state index in [9.17, 15) is 13.2 Å². The van der Waals surface area contributed by atoms with Crippen molar-refractivity contribution < 1.29 is 22.7 Å².